The number of aromatic nitrogens is 2. The molecular weight excluding hydrogens is 342 g/mol. The summed E-state index contributed by atoms with van der Waals surface area (Å²) in [4.78, 5) is 31.4. The van der Waals surface area contributed by atoms with Gasteiger partial charge in [0, 0.05) is 18.1 Å². The summed E-state index contributed by atoms with van der Waals surface area (Å²) in [6.45, 7) is 3.86. The number of nitrogens with zero attached hydrogens (tertiary/aromatic N) is 3. The van der Waals surface area contributed by atoms with Gasteiger partial charge in [0.1, 0.15) is 17.6 Å². The summed E-state index contributed by atoms with van der Waals surface area (Å²) in [6, 6.07) is 13.3. The highest BCUT2D eigenvalue weighted by Crippen LogP contribution is 2.24. The molecule has 2 aromatic heterocycles. The third kappa shape index (κ3) is 2.99. The van der Waals surface area contributed by atoms with Gasteiger partial charge in [-0.3, -0.25) is 14.2 Å². The Morgan fingerprint density at radius 1 is 1.15 bits per heavy atom. The molecule has 4 rings (SSSR count). The van der Waals surface area contributed by atoms with E-state index in [2.05, 4.69) is 4.98 Å². The summed E-state index contributed by atoms with van der Waals surface area (Å²) in [6.07, 6.45) is 1.40. The number of furan rings is 1. The largest absolute Gasteiger partial charge is 0.448 e. The highest BCUT2D eigenvalue weighted by Gasteiger charge is 2.17. The quantitative estimate of drug-likeness (QED) is 0.561. The Morgan fingerprint density at radius 2 is 1.85 bits per heavy atom. The van der Waals surface area contributed by atoms with Crippen LogP contribution in [0.25, 0.3) is 22.1 Å². The van der Waals surface area contributed by atoms with Crippen LogP contribution in [0.4, 0.5) is 5.69 Å². The molecule has 0 aliphatic rings. The van der Waals surface area contributed by atoms with Gasteiger partial charge in [-0.2, -0.15) is 0 Å². The van der Waals surface area contributed by atoms with Crippen LogP contribution >= 0.6 is 0 Å². The van der Waals surface area contributed by atoms with Crippen LogP contribution in [0.1, 0.15) is 11.1 Å². The second-order valence-electron chi connectivity index (χ2n) is 6.75. The highest BCUT2D eigenvalue weighted by atomic mass is 16.3. The van der Waals surface area contributed by atoms with Crippen molar-refractivity contribution >= 4 is 33.7 Å². The van der Waals surface area contributed by atoms with E-state index in [9.17, 15) is 9.59 Å². The van der Waals surface area contributed by atoms with Gasteiger partial charge in [0.25, 0.3) is 5.56 Å². The highest BCUT2D eigenvalue weighted by molar-refractivity contribution is 6.01. The van der Waals surface area contributed by atoms with Gasteiger partial charge in [0.05, 0.1) is 6.33 Å². The molecule has 1 amide bonds. The van der Waals surface area contributed by atoms with Crippen LogP contribution in [-0.2, 0) is 11.3 Å². The van der Waals surface area contributed by atoms with Gasteiger partial charge in [-0.25, -0.2) is 4.98 Å². The number of rotatable bonds is 3. The molecule has 0 spiro atoms. The van der Waals surface area contributed by atoms with Crippen molar-refractivity contribution in [3.63, 3.8) is 0 Å². The number of hydrogen-bond donors (Lipinski definition) is 0. The maximum absolute atomic E-state index is 12.8. The van der Waals surface area contributed by atoms with Crippen LogP contribution in [0.5, 0.6) is 0 Å². The second kappa shape index (κ2) is 6.39. The summed E-state index contributed by atoms with van der Waals surface area (Å²) >= 11 is 0. The first-order valence-electron chi connectivity index (χ1n) is 8.65. The molecule has 0 fully saturated rings. The Hall–Kier alpha value is -3.41. The number of likely N-dealkylation sites (N-methyl/N-ethyl adjacent to an activating group) is 1. The van der Waals surface area contributed by atoms with Gasteiger partial charge in [-0.05, 0) is 49.2 Å². The third-order valence-corrected chi connectivity index (χ3v) is 4.62. The molecule has 0 radical (unpaired) electrons. The molecule has 0 unspecified atom stereocenters. The van der Waals surface area contributed by atoms with Crippen LogP contribution in [0.2, 0.25) is 0 Å². The van der Waals surface area contributed by atoms with Crippen molar-refractivity contribution < 1.29 is 9.21 Å². The maximum Gasteiger partial charge on any atom is 0.297 e. The number of anilines is 1. The summed E-state index contributed by atoms with van der Waals surface area (Å²) in [5.74, 6) is -0.209. The molecule has 0 aliphatic heterocycles. The molecular formula is C21H19N3O3. The average molecular weight is 361 g/mol. The lowest BCUT2D eigenvalue weighted by atomic mass is 10.1. The smallest absolute Gasteiger partial charge is 0.297 e. The molecule has 0 aliphatic carbocycles. The zero-order valence-corrected chi connectivity index (χ0v) is 15.4. The van der Waals surface area contributed by atoms with E-state index in [1.165, 1.54) is 10.9 Å². The van der Waals surface area contributed by atoms with Crippen molar-refractivity contribution in [2.75, 3.05) is 11.9 Å². The van der Waals surface area contributed by atoms with Crippen molar-refractivity contribution in [2.24, 2.45) is 0 Å². The number of fused-ring (bicyclic) bond motifs is 3. The van der Waals surface area contributed by atoms with Crippen molar-refractivity contribution in [1.29, 1.82) is 0 Å². The van der Waals surface area contributed by atoms with E-state index in [0.717, 1.165) is 22.2 Å². The predicted molar refractivity (Wildman–Crippen MR) is 105 cm³/mol. The SMILES string of the molecule is Cc1cc(C)cc(N(C)C(=O)Cn2cnc3c(oc4ccccc43)c2=O)c1. The number of para-hydroxylation sites is 1. The van der Waals surface area contributed by atoms with Crippen LogP contribution in [0, 0.1) is 13.8 Å². The van der Waals surface area contributed by atoms with E-state index < -0.39 is 0 Å². The number of carbonyl (C=O) groups is 1. The van der Waals surface area contributed by atoms with E-state index in [0.29, 0.717) is 11.1 Å². The summed E-state index contributed by atoms with van der Waals surface area (Å²) in [7, 11) is 1.70. The lowest BCUT2D eigenvalue weighted by molar-refractivity contribution is -0.118. The second-order valence-corrected chi connectivity index (χ2v) is 6.75. The monoisotopic (exact) mass is 361 g/mol. The maximum atomic E-state index is 12.8. The zero-order valence-electron chi connectivity index (χ0n) is 15.4. The van der Waals surface area contributed by atoms with Crippen molar-refractivity contribution in [1.82, 2.24) is 9.55 Å². The molecule has 0 bridgehead atoms. The van der Waals surface area contributed by atoms with E-state index in [-0.39, 0.29) is 23.6 Å². The number of aryl methyl sites for hydroxylation is 2. The third-order valence-electron chi connectivity index (χ3n) is 4.62. The summed E-state index contributed by atoms with van der Waals surface area (Å²) in [5.41, 5.74) is 3.87. The fourth-order valence-electron chi connectivity index (χ4n) is 3.27. The van der Waals surface area contributed by atoms with Crippen LogP contribution in [-0.4, -0.2) is 22.5 Å². The Balaban J connectivity index is 1.68. The number of hydrogen-bond acceptors (Lipinski definition) is 4. The summed E-state index contributed by atoms with van der Waals surface area (Å²) < 4.78 is 6.95. The first-order chi connectivity index (χ1) is 12.9. The molecule has 6 nitrogen and oxygen atoms in total. The minimum Gasteiger partial charge on any atom is -0.448 e. The predicted octanol–water partition coefficient (Wildman–Crippen LogP) is 3.42. The lowest BCUT2D eigenvalue weighted by Crippen LogP contribution is -2.34. The molecule has 136 valence electrons. The number of benzene rings is 2. The van der Waals surface area contributed by atoms with Gasteiger partial charge in [-0.15, -0.1) is 0 Å². The Labute approximate surface area is 155 Å². The van der Waals surface area contributed by atoms with Crippen molar-refractivity contribution in [3.8, 4) is 0 Å². The first kappa shape index (κ1) is 17.0. The Kier molecular flexibility index (Phi) is 4.03. The molecule has 0 N–H and O–H groups in total. The van der Waals surface area contributed by atoms with Gasteiger partial charge < -0.3 is 9.32 Å². The van der Waals surface area contributed by atoms with Gasteiger partial charge in [0.2, 0.25) is 11.5 Å². The molecule has 2 aromatic carbocycles. The standard InChI is InChI=1S/C21H19N3O3/c1-13-8-14(2)10-15(9-13)23(3)18(25)11-24-12-22-19-16-6-4-5-7-17(16)27-20(19)21(24)26/h4-10,12H,11H2,1-3H3. The minimum atomic E-state index is -0.363. The minimum absolute atomic E-state index is 0.109. The number of carbonyl (C=O) groups excluding carboxylic acids is 1. The van der Waals surface area contributed by atoms with Crippen molar-refractivity contribution in [3.05, 3.63) is 70.3 Å². The van der Waals surface area contributed by atoms with E-state index in [1.54, 1.807) is 18.0 Å². The van der Waals surface area contributed by atoms with E-state index in [4.69, 9.17) is 4.42 Å². The molecule has 2 heterocycles. The number of amides is 1. The summed E-state index contributed by atoms with van der Waals surface area (Å²) in [5, 5.41) is 0.787. The average Bonchev–Trinajstić information content (AvgIpc) is 3.02. The van der Waals surface area contributed by atoms with E-state index in [1.807, 2.05) is 50.2 Å². The Morgan fingerprint density at radius 3 is 2.59 bits per heavy atom. The molecule has 0 saturated heterocycles. The normalized spacial score (nSPS) is 11.2. The molecule has 6 heteroatoms. The van der Waals surface area contributed by atoms with E-state index >= 15 is 0 Å². The van der Waals surface area contributed by atoms with Gasteiger partial charge in [0.15, 0.2) is 0 Å². The van der Waals surface area contributed by atoms with Crippen molar-refractivity contribution in [2.45, 2.75) is 20.4 Å². The molecule has 27 heavy (non-hydrogen) atoms. The fourth-order valence-corrected chi connectivity index (χ4v) is 3.27. The molecule has 0 saturated carbocycles. The van der Waals surface area contributed by atoms with Gasteiger partial charge >= 0.3 is 0 Å². The lowest BCUT2D eigenvalue weighted by Gasteiger charge is -2.19. The van der Waals surface area contributed by atoms with Gasteiger partial charge in [-0.1, -0.05) is 18.2 Å². The zero-order chi connectivity index (χ0) is 19.1. The van der Waals surface area contributed by atoms with Crippen LogP contribution < -0.4 is 10.5 Å². The Bertz CT molecular complexity index is 1220. The van der Waals surface area contributed by atoms with Crippen LogP contribution in [0.15, 0.2) is 58.0 Å². The molecule has 4 aromatic rings. The topological polar surface area (TPSA) is 68.3 Å². The first-order valence-corrected chi connectivity index (χ1v) is 8.65. The fraction of sp³-hybridized carbons (Fsp3) is 0.190. The molecule has 0 atom stereocenters. The van der Waals surface area contributed by atoms with Crippen LogP contribution in [0.3, 0.4) is 0 Å².